The lowest BCUT2D eigenvalue weighted by molar-refractivity contribution is 0.0133. The van der Waals surface area contributed by atoms with Gasteiger partial charge in [-0.25, -0.2) is 0 Å². The van der Waals surface area contributed by atoms with Crippen LogP contribution < -0.4 is 0 Å². The van der Waals surface area contributed by atoms with Gasteiger partial charge in [-0.1, -0.05) is 6.42 Å². The molecule has 0 amide bonds. The number of piperidine rings is 1. The fourth-order valence-electron chi connectivity index (χ4n) is 5.74. The summed E-state index contributed by atoms with van der Waals surface area (Å²) < 4.78 is 5.42. The Bertz CT molecular complexity index is 722. The molecule has 3 nitrogen and oxygen atoms in total. The summed E-state index contributed by atoms with van der Waals surface area (Å²) in [6, 6.07) is 6.12. The monoisotopic (exact) mass is 444 g/mol. The van der Waals surface area contributed by atoms with Gasteiger partial charge in [0.05, 0.1) is 13.2 Å². The first-order valence-electron chi connectivity index (χ1n) is 12.1. The van der Waals surface area contributed by atoms with Crippen LogP contribution in [0.4, 0.5) is 0 Å². The van der Waals surface area contributed by atoms with E-state index in [0.717, 1.165) is 32.3 Å². The summed E-state index contributed by atoms with van der Waals surface area (Å²) in [6.07, 6.45) is 12.4. The zero-order valence-electron chi connectivity index (χ0n) is 18.2. The van der Waals surface area contributed by atoms with Crippen LogP contribution in [-0.4, -0.2) is 49.2 Å². The molecule has 0 N–H and O–H groups in total. The van der Waals surface area contributed by atoms with Crippen LogP contribution in [0.5, 0.6) is 0 Å². The van der Waals surface area contributed by atoms with Crippen molar-refractivity contribution in [2.75, 3.05) is 39.4 Å². The van der Waals surface area contributed by atoms with Gasteiger partial charge in [0.1, 0.15) is 0 Å². The highest BCUT2D eigenvalue weighted by molar-refractivity contribution is 7.10. The second-order valence-electron chi connectivity index (χ2n) is 9.18. The van der Waals surface area contributed by atoms with Gasteiger partial charge >= 0.3 is 0 Å². The van der Waals surface area contributed by atoms with Crippen LogP contribution in [0.15, 0.2) is 22.9 Å². The van der Waals surface area contributed by atoms with E-state index in [0.29, 0.717) is 6.04 Å². The maximum Gasteiger partial charge on any atom is 0.0594 e. The van der Waals surface area contributed by atoms with E-state index in [9.17, 15) is 0 Å². The molecule has 5 heteroatoms. The third-order valence-electron chi connectivity index (χ3n) is 7.33. The number of fused-ring (bicyclic) bond motifs is 2. The molecule has 2 aliphatic carbocycles. The number of nitrogens with zero attached hydrogens (tertiary/aromatic N) is 2. The average molecular weight is 445 g/mol. The van der Waals surface area contributed by atoms with Gasteiger partial charge in [-0.15, -0.1) is 22.7 Å². The minimum Gasteiger partial charge on any atom is -0.379 e. The number of ether oxygens (including phenoxy) is 1. The van der Waals surface area contributed by atoms with Gasteiger partial charge in [-0.3, -0.25) is 9.80 Å². The lowest BCUT2D eigenvalue weighted by atomic mass is 9.92. The molecule has 6 rings (SSSR count). The summed E-state index contributed by atoms with van der Waals surface area (Å²) >= 11 is 3.93. The highest BCUT2D eigenvalue weighted by atomic mass is 32.1. The van der Waals surface area contributed by atoms with Gasteiger partial charge < -0.3 is 4.74 Å². The number of hydrogen-bond donors (Lipinski definition) is 0. The van der Waals surface area contributed by atoms with Gasteiger partial charge in [0.25, 0.3) is 0 Å². The van der Waals surface area contributed by atoms with Crippen molar-refractivity contribution in [3.05, 3.63) is 43.8 Å². The smallest absolute Gasteiger partial charge is 0.0594 e. The fourth-order valence-corrected chi connectivity index (χ4v) is 7.99. The minimum absolute atomic E-state index is 0.692. The zero-order chi connectivity index (χ0) is 20.2. The first kappa shape index (κ1) is 21.1. The van der Waals surface area contributed by atoms with Gasteiger partial charge in [-0.2, -0.15) is 0 Å². The number of morpholine rings is 1. The van der Waals surface area contributed by atoms with Crippen molar-refractivity contribution < 1.29 is 4.74 Å². The van der Waals surface area contributed by atoms with Crippen LogP contribution in [0, 0.1) is 0 Å². The van der Waals surface area contributed by atoms with Crippen molar-refractivity contribution in [2.24, 2.45) is 0 Å². The molecular formula is C25H36N2OS2. The summed E-state index contributed by atoms with van der Waals surface area (Å²) in [5.74, 6) is 0. The Kier molecular flexibility index (Phi) is 7.23. The van der Waals surface area contributed by atoms with Crippen molar-refractivity contribution in [1.82, 2.24) is 9.80 Å². The third-order valence-corrected chi connectivity index (χ3v) is 9.45. The molecule has 2 fully saturated rings. The summed E-state index contributed by atoms with van der Waals surface area (Å²) in [6.45, 7) is 6.72. The normalized spacial score (nSPS) is 27.6. The molecule has 2 saturated heterocycles. The predicted octanol–water partition coefficient (Wildman–Crippen LogP) is 6.07. The molecule has 2 aromatic heterocycles. The molecule has 2 unspecified atom stereocenters. The molecule has 2 aliphatic heterocycles. The average Bonchev–Trinajstić information content (AvgIpc) is 3.50. The van der Waals surface area contributed by atoms with Crippen LogP contribution in [0.25, 0.3) is 0 Å². The fraction of sp³-hybridized carbons (Fsp3) is 0.680. The number of rotatable bonds is 2. The Hall–Kier alpha value is -0.720. The second-order valence-corrected chi connectivity index (χ2v) is 11.1. The third kappa shape index (κ3) is 4.71. The molecule has 4 aliphatic rings. The Morgan fingerprint density at radius 3 is 1.77 bits per heavy atom. The molecule has 0 saturated carbocycles. The standard InChI is InChI=1S/C13H19NS.C12H17NOS/c1-2-8-14(9-3-1)12-6-4-5-11-7-10-15-13(11)12;1-2-10-4-9-15-12(10)11(3-1)13-5-7-14-8-6-13/h7,10,12H,1-6,8-9H2;4,9,11H,1-3,5-8H2. The molecule has 2 atom stereocenters. The first-order chi connectivity index (χ1) is 14.9. The first-order valence-corrected chi connectivity index (χ1v) is 13.8. The quantitative estimate of drug-likeness (QED) is 0.559. The molecule has 0 spiro atoms. The van der Waals surface area contributed by atoms with E-state index in [1.54, 1.807) is 20.9 Å². The number of hydrogen-bond acceptors (Lipinski definition) is 5. The van der Waals surface area contributed by atoms with Gasteiger partial charge in [0.2, 0.25) is 0 Å². The van der Waals surface area contributed by atoms with Crippen LogP contribution in [0.1, 0.15) is 77.9 Å². The van der Waals surface area contributed by atoms with E-state index in [1.807, 2.05) is 22.7 Å². The van der Waals surface area contributed by atoms with Crippen molar-refractivity contribution in [3.8, 4) is 0 Å². The zero-order valence-corrected chi connectivity index (χ0v) is 19.8. The summed E-state index contributed by atoms with van der Waals surface area (Å²) in [7, 11) is 0. The van der Waals surface area contributed by atoms with Crippen LogP contribution in [0.2, 0.25) is 0 Å². The summed E-state index contributed by atoms with van der Waals surface area (Å²) in [5, 5.41) is 4.54. The molecule has 0 radical (unpaired) electrons. The van der Waals surface area contributed by atoms with Gasteiger partial charge in [-0.05, 0) is 98.5 Å². The summed E-state index contributed by atoms with van der Waals surface area (Å²) in [5.41, 5.74) is 3.24. The Morgan fingerprint density at radius 1 is 0.667 bits per heavy atom. The molecule has 0 aromatic carbocycles. The topological polar surface area (TPSA) is 15.7 Å². The number of aryl methyl sites for hydroxylation is 2. The van der Waals surface area contributed by atoms with Crippen molar-refractivity contribution in [2.45, 2.75) is 69.9 Å². The van der Waals surface area contributed by atoms with E-state index >= 15 is 0 Å². The van der Waals surface area contributed by atoms with Gasteiger partial charge in [0.15, 0.2) is 0 Å². The number of thiophene rings is 2. The van der Waals surface area contributed by atoms with E-state index < -0.39 is 0 Å². The van der Waals surface area contributed by atoms with E-state index in [4.69, 9.17) is 4.74 Å². The Morgan fingerprint density at radius 2 is 1.20 bits per heavy atom. The predicted molar refractivity (Wildman–Crippen MR) is 128 cm³/mol. The maximum absolute atomic E-state index is 5.42. The highest BCUT2D eigenvalue weighted by Gasteiger charge is 2.28. The largest absolute Gasteiger partial charge is 0.379 e. The molecular weight excluding hydrogens is 408 g/mol. The van der Waals surface area contributed by atoms with Crippen molar-refractivity contribution >= 4 is 22.7 Å². The molecule has 2 aromatic rings. The molecule has 0 bridgehead atoms. The SMILES string of the molecule is c1cc2c(s1)C(N1CCCCC1)CCC2.c1cc2c(s1)C(N1CCOCC1)CCC2. The molecule has 30 heavy (non-hydrogen) atoms. The maximum atomic E-state index is 5.42. The molecule has 164 valence electrons. The van der Waals surface area contributed by atoms with Crippen LogP contribution in [-0.2, 0) is 17.6 Å². The van der Waals surface area contributed by atoms with Gasteiger partial charge in [0, 0.05) is 34.9 Å². The van der Waals surface area contributed by atoms with Crippen molar-refractivity contribution in [3.63, 3.8) is 0 Å². The molecule has 4 heterocycles. The minimum atomic E-state index is 0.692. The van der Waals surface area contributed by atoms with Crippen LogP contribution >= 0.6 is 22.7 Å². The Balaban J connectivity index is 0.000000128. The Labute approximate surface area is 190 Å². The highest BCUT2D eigenvalue weighted by Crippen LogP contribution is 2.39. The van der Waals surface area contributed by atoms with E-state index in [1.165, 1.54) is 70.9 Å². The summed E-state index contributed by atoms with van der Waals surface area (Å²) in [4.78, 5) is 8.65. The van der Waals surface area contributed by atoms with Crippen molar-refractivity contribution in [1.29, 1.82) is 0 Å². The van der Waals surface area contributed by atoms with E-state index in [-0.39, 0.29) is 0 Å². The number of likely N-dealkylation sites (tertiary alicyclic amines) is 1. The lowest BCUT2D eigenvalue weighted by Gasteiger charge is -2.36. The van der Waals surface area contributed by atoms with Crippen LogP contribution in [0.3, 0.4) is 0 Å². The second kappa shape index (κ2) is 10.3. The van der Waals surface area contributed by atoms with E-state index in [2.05, 4.69) is 32.7 Å². The lowest BCUT2D eigenvalue weighted by Crippen LogP contribution is -2.39.